The maximum absolute atomic E-state index is 8.67. The van der Waals surface area contributed by atoms with Crippen LogP contribution in [0.1, 0.15) is 17.4 Å². The minimum Gasteiger partial charge on any atom is -0.361 e. The number of hydrogen-bond acceptors (Lipinski definition) is 6. The molecule has 0 aliphatic carbocycles. The summed E-state index contributed by atoms with van der Waals surface area (Å²) >= 11 is 0. The van der Waals surface area contributed by atoms with E-state index in [9.17, 15) is 0 Å². The van der Waals surface area contributed by atoms with Crippen LogP contribution in [-0.2, 0) is 6.54 Å². The Bertz CT molecular complexity index is 528. The first-order chi connectivity index (χ1) is 7.78. The molecule has 0 atom stereocenters. The molecule has 2 aromatic rings. The molecule has 0 fully saturated rings. The normalized spacial score (nSPS) is 9.75. The van der Waals surface area contributed by atoms with E-state index in [1.54, 1.807) is 25.1 Å². The third-order valence-electron chi connectivity index (χ3n) is 1.85. The molecule has 0 saturated carbocycles. The van der Waals surface area contributed by atoms with E-state index in [1.165, 1.54) is 0 Å². The van der Waals surface area contributed by atoms with Crippen molar-refractivity contribution in [2.75, 3.05) is 5.32 Å². The molecule has 2 heterocycles. The van der Waals surface area contributed by atoms with Gasteiger partial charge in [0.1, 0.15) is 17.6 Å². The van der Waals surface area contributed by atoms with Gasteiger partial charge in [-0.05, 0) is 19.1 Å². The van der Waals surface area contributed by atoms with Crippen molar-refractivity contribution in [3.05, 3.63) is 35.6 Å². The van der Waals surface area contributed by atoms with Crippen molar-refractivity contribution in [1.29, 1.82) is 5.26 Å². The summed E-state index contributed by atoms with van der Waals surface area (Å²) < 4.78 is 4.93. The zero-order chi connectivity index (χ0) is 11.4. The molecule has 0 aliphatic heterocycles. The van der Waals surface area contributed by atoms with E-state index in [0.29, 0.717) is 29.8 Å². The number of nitriles is 1. The largest absolute Gasteiger partial charge is 0.361 e. The van der Waals surface area contributed by atoms with E-state index in [0.717, 1.165) is 0 Å². The average Bonchev–Trinajstić information content (AvgIpc) is 2.73. The Morgan fingerprint density at radius 3 is 3.00 bits per heavy atom. The molecule has 2 aromatic heterocycles. The van der Waals surface area contributed by atoms with Crippen LogP contribution in [0.3, 0.4) is 0 Å². The summed E-state index contributed by atoms with van der Waals surface area (Å²) in [6.45, 7) is 2.14. The van der Waals surface area contributed by atoms with Crippen molar-refractivity contribution < 1.29 is 4.52 Å². The highest BCUT2D eigenvalue weighted by Gasteiger charge is 2.02. The second-order valence-corrected chi connectivity index (χ2v) is 3.11. The van der Waals surface area contributed by atoms with Crippen molar-refractivity contribution in [2.45, 2.75) is 13.5 Å². The summed E-state index contributed by atoms with van der Waals surface area (Å²) in [6.07, 6.45) is 0. The highest BCUT2D eigenvalue weighted by Crippen LogP contribution is 2.06. The van der Waals surface area contributed by atoms with Crippen molar-refractivity contribution in [3.8, 4) is 6.07 Å². The first-order valence-corrected chi connectivity index (χ1v) is 4.68. The Morgan fingerprint density at radius 2 is 2.31 bits per heavy atom. The van der Waals surface area contributed by atoms with Crippen molar-refractivity contribution >= 4 is 5.82 Å². The number of nitrogens with zero attached hydrogens (tertiary/aromatic N) is 4. The van der Waals surface area contributed by atoms with Crippen LogP contribution in [-0.4, -0.2) is 15.1 Å². The third kappa shape index (κ3) is 2.33. The molecule has 0 saturated heterocycles. The lowest BCUT2D eigenvalue weighted by molar-refractivity contribution is 0.379. The van der Waals surface area contributed by atoms with E-state index in [4.69, 9.17) is 9.78 Å². The summed E-state index contributed by atoms with van der Waals surface area (Å²) in [5.74, 6) is 1.69. The number of aryl methyl sites for hydroxylation is 1. The highest BCUT2D eigenvalue weighted by atomic mass is 16.5. The molecule has 80 valence electrons. The van der Waals surface area contributed by atoms with Gasteiger partial charge in [-0.25, -0.2) is 4.98 Å². The van der Waals surface area contributed by atoms with E-state index in [1.807, 2.05) is 6.07 Å². The SMILES string of the molecule is Cc1noc(CNc2cccc(C#N)n2)n1. The smallest absolute Gasteiger partial charge is 0.245 e. The number of hydrogen-bond donors (Lipinski definition) is 1. The monoisotopic (exact) mass is 215 g/mol. The maximum atomic E-state index is 8.67. The van der Waals surface area contributed by atoms with Gasteiger partial charge in [0.05, 0.1) is 6.54 Å². The van der Waals surface area contributed by atoms with Crippen LogP contribution < -0.4 is 5.32 Å². The fourth-order valence-corrected chi connectivity index (χ4v) is 1.17. The minimum absolute atomic E-state index is 0.367. The molecule has 16 heavy (non-hydrogen) atoms. The predicted molar refractivity (Wildman–Crippen MR) is 55.3 cm³/mol. The Kier molecular flexibility index (Phi) is 2.78. The summed E-state index contributed by atoms with van der Waals surface area (Å²) in [5.41, 5.74) is 0.367. The van der Waals surface area contributed by atoms with Gasteiger partial charge in [0.25, 0.3) is 0 Å². The molecule has 0 radical (unpaired) electrons. The number of anilines is 1. The van der Waals surface area contributed by atoms with Gasteiger partial charge in [-0.2, -0.15) is 10.2 Å². The fraction of sp³-hybridized carbons (Fsp3) is 0.200. The molecule has 1 N–H and O–H groups in total. The molecule has 2 rings (SSSR count). The number of pyridine rings is 1. The van der Waals surface area contributed by atoms with Crippen LogP contribution in [0.25, 0.3) is 0 Å². The highest BCUT2D eigenvalue weighted by molar-refractivity contribution is 5.38. The zero-order valence-corrected chi connectivity index (χ0v) is 8.64. The Hall–Kier alpha value is -2.42. The van der Waals surface area contributed by atoms with Gasteiger partial charge in [0, 0.05) is 0 Å². The number of aromatic nitrogens is 3. The average molecular weight is 215 g/mol. The lowest BCUT2D eigenvalue weighted by atomic mass is 10.3. The van der Waals surface area contributed by atoms with Gasteiger partial charge in [0.15, 0.2) is 5.82 Å². The number of nitrogens with one attached hydrogen (secondary N) is 1. The van der Waals surface area contributed by atoms with Crippen LogP contribution in [0.5, 0.6) is 0 Å². The molecule has 6 heteroatoms. The maximum Gasteiger partial charge on any atom is 0.245 e. The van der Waals surface area contributed by atoms with E-state index in [-0.39, 0.29) is 0 Å². The minimum atomic E-state index is 0.367. The lowest BCUT2D eigenvalue weighted by Gasteiger charge is -2.01. The Labute approximate surface area is 91.9 Å². The molecular weight excluding hydrogens is 206 g/mol. The molecular formula is C10H9N5O. The van der Waals surface area contributed by atoms with E-state index in [2.05, 4.69) is 20.4 Å². The Morgan fingerprint density at radius 1 is 1.44 bits per heavy atom. The molecule has 0 aliphatic rings. The molecule has 6 nitrogen and oxygen atoms in total. The summed E-state index contributed by atoms with van der Waals surface area (Å²) in [5, 5.41) is 15.3. The predicted octanol–water partition coefficient (Wildman–Crippen LogP) is 1.26. The van der Waals surface area contributed by atoms with Gasteiger partial charge in [-0.3, -0.25) is 0 Å². The van der Waals surface area contributed by atoms with E-state index >= 15 is 0 Å². The molecule has 0 spiro atoms. The third-order valence-corrected chi connectivity index (χ3v) is 1.85. The van der Waals surface area contributed by atoms with Gasteiger partial charge >= 0.3 is 0 Å². The van der Waals surface area contributed by atoms with Crippen LogP contribution in [0.4, 0.5) is 5.82 Å². The quantitative estimate of drug-likeness (QED) is 0.829. The second kappa shape index (κ2) is 4.40. The molecule has 0 bridgehead atoms. The molecule has 0 aromatic carbocycles. The van der Waals surface area contributed by atoms with Crippen molar-refractivity contribution in [3.63, 3.8) is 0 Å². The zero-order valence-electron chi connectivity index (χ0n) is 8.64. The van der Waals surface area contributed by atoms with Gasteiger partial charge < -0.3 is 9.84 Å². The summed E-state index contributed by atoms with van der Waals surface area (Å²) in [4.78, 5) is 8.09. The standard InChI is InChI=1S/C10H9N5O/c1-7-13-10(16-15-7)6-12-9-4-2-3-8(5-11)14-9/h2-4H,6H2,1H3,(H,12,14). The second-order valence-electron chi connectivity index (χ2n) is 3.11. The van der Waals surface area contributed by atoms with Crippen molar-refractivity contribution in [1.82, 2.24) is 15.1 Å². The van der Waals surface area contributed by atoms with Crippen LogP contribution in [0.2, 0.25) is 0 Å². The number of rotatable bonds is 3. The fourth-order valence-electron chi connectivity index (χ4n) is 1.17. The van der Waals surface area contributed by atoms with Crippen LogP contribution >= 0.6 is 0 Å². The van der Waals surface area contributed by atoms with Gasteiger partial charge in [-0.1, -0.05) is 11.2 Å². The van der Waals surface area contributed by atoms with Crippen LogP contribution in [0.15, 0.2) is 22.7 Å². The van der Waals surface area contributed by atoms with Gasteiger partial charge in [0.2, 0.25) is 5.89 Å². The van der Waals surface area contributed by atoms with E-state index < -0.39 is 0 Å². The lowest BCUT2D eigenvalue weighted by Crippen LogP contribution is -2.02. The first kappa shape index (κ1) is 10.1. The molecule has 0 unspecified atom stereocenters. The topological polar surface area (TPSA) is 87.6 Å². The molecule has 0 amide bonds. The summed E-state index contributed by atoms with van der Waals surface area (Å²) in [6, 6.07) is 7.13. The van der Waals surface area contributed by atoms with Crippen molar-refractivity contribution in [2.24, 2.45) is 0 Å². The Balaban J connectivity index is 2.02. The summed E-state index contributed by atoms with van der Waals surface area (Å²) in [7, 11) is 0. The first-order valence-electron chi connectivity index (χ1n) is 4.68. The van der Waals surface area contributed by atoms with Gasteiger partial charge in [-0.15, -0.1) is 0 Å². The van der Waals surface area contributed by atoms with Crippen LogP contribution in [0, 0.1) is 18.3 Å².